The Bertz CT molecular complexity index is 511. The zero-order valence-electron chi connectivity index (χ0n) is 9.41. The average Bonchev–Trinajstić information content (AvgIpc) is 2.33. The van der Waals surface area contributed by atoms with Gasteiger partial charge < -0.3 is 4.74 Å². The van der Waals surface area contributed by atoms with Gasteiger partial charge in [0, 0.05) is 10.0 Å². The molecular formula is C14H12BrClO. The Morgan fingerprint density at radius 3 is 2.53 bits per heavy atom. The van der Waals surface area contributed by atoms with Gasteiger partial charge in [0.05, 0.1) is 11.6 Å². The number of benzene rings is 2. The van der Waals surface area contributed by atoms with Crippen LogP contribution in [0.4, 0.5) is 0 Å². The third-order valence-corrected chi connectivity index (χ3v) is 3.12. The van der Waals surface area contributed by atoms with Crippen molar-refractivity contribution < 1.29 is 4.74 Å². The molecule has 88 valence electrons. The molecule has 17 heavy (non-hydrogen) atoms. The molecule has 0 aromatic heterocycles. The van der Waals surface area contributed by atoms with Crippen molar-refractivity contribution in [2.24, 2.45) is 0 Å². The quantitative estimate of drug-likeness (QED) is 0.760. The highest BCUT2D eigenvalue weighted by Gasteiger charge is 2.11. The Kier molecular flexibility index (Phi) is 4.08. The molecule has 2 rings (SSSR count). The Labute approximate surface area is 115 Å². The van der Waals surface area contributed by atoms with E-state index in [2.05, 4.69) is 15.9 Å². The first kappa shape index (κ1) is 12.5. The van der Waals surface area contributed by atoms with Gasteiger partial charge in [0.1, 0.15) is 5.75 Å². The summed E-state index contributed by atoms with van der Waals surface area (Å²) in [5.41, 5.74) is 2.10. The molecular weight excluding hydrogens is 300 g/mol. The summed E-state index contributed by atoms with van der Waals surface area (Å²) < 4.78 is 6.57. The number of ether oxygens (including phenoxy) is 1. The molecule has 2 aromatic rings. The van der Waals surface area contributed by atoms with Crippen molar-refractivity contribution in [1.82, 2.24) is 0 Å². The maximum absolute atomic E-state index is 6.21. The SMILES string of the molecule is CCOc1c(Cl)cc(Br)cc1-c1ccccc1. The molecule has 0 saturated heterocycles. The van der Waals surface area contributed by atoms with Crippen LogP contribution in [0.1, 0.15) is 6.92 Å². The summed E-state index contributed by atoms with van der Waals surface area (Å²) in [6.45, 7) is 2.55. The standard InChI is InChI=1S/C14H12BrClO/c1-2-17-14-12(8-11(15)9-13(14)16)10-6-4-3-5-7-10/h3-9H,2H2,1H3. The van der Waals surface area contributed by atoms with E-state index in [1.807, 2.05) is 49.4 Å². The van der Waals surface area contributed by atoms with E-state index >= 15 is 0 Å². The van der Waals surface area contributed by atoms with E-state index in [-0.39, 0.29) is 0 Å². The highest BCUT2D eigenvalue weighted by Crippen LogP contribution is 2.38. The fourth-order valence-corrected chi connectivity index (χ4v) is 2.55. The second-order valence-corrected chi connectivity index (χ2v) is 4.89. The van der Waals surface area contributed by atoms with Crippen LogP contribution < -0.4 is 4.74 Å². The predicted octanol–water partition coefficient (Wildman–Crippen LogP) is 5.17. The van der Waals surface area contributed by atoms with Crippen LogP contribution in [-0.4, -0.2) is 6.61 Å². The molecule has 0 aliphatic carbocycles. The van der Waals surface area contributed by atoms with E-state index in [1.54, 1.807) is 0 Å². The molecule has 0 aliphatic heterocycles. The molecule has 0 fully saturated rings. The Hall–Kier alpha value is -0.990. The number of halogens is 2. The predicted molar refractivity (Wildman–Crippen MR) is 75.8 cm³/mol. The normalized spacial score (nSPS) is 10.3. The molecule has 2 aromatic carbocycles. The van der Waals surface area contributed by atoms with Crippen LogP contribution >= 0.6 is 27.5 Å². The minimum absolute atomic E-state index is 0.598. The largest absolute Gasteiger partial charge is 0.492 e. The van der Waals surface area contributed by atoms with Crippen LogP contribution in [0.5, 0.6) is 5.75 Å². The lowest BCUT2D eigenvalue weighted by atomic mass is 10.0. The van der Waals surface area contributed by atoms with E-state index in [4.69, 9.17) is 16.3 Å². The van der Waals surface area contributed by atoms with Gasteiger partial charge >= 0.3 is 0 Å². The molecule has 0 amide bonds. The molecule has 0 unspecified atom stereocenters. The van der Waals surface area contributed by atoms with Gasteiger partial charge in [-0.25, -0.2) is 0 Å². The molecule has 0 spiro atoms. The van der Waals surface area contributed by atoms with Crippen LogP contribution in [0.25, 0.3) is 11.1 Å². The van der Waals surface area contributed by atoms with E-state index in [0.29, 0.717) is 11.6 Å². The highest BCUT2D eigenvalue weighted by molar-refractivity contribution is 9.10. The zero-order chi connectivity index (χ0) is 12.3. The van der Waals surface area contributed by atoms with Gasteiger partial charge in [0.25, 0.3) is 0 Å². The van der Waals surface area contributed by atoms with Gasteiger partial charge in [0.15, 0.2) is 0 Å². The molecule has 0 atom stereocenters. The second-order valence-electron chi connectivity index (χ2n) is 3.56. The third kappa shape index (κ3) is 2.82. The van der Waals surface area contributed by atoms with Crippen LogP contribution in [0.3, 0.4) is 0 Å². The summed E-state index contributed by atoms with van der Waals surface area (Å²) in [6, 6.07) is 13.9. The Morgan fingerprint density at radius 2 is 1.88 bits per heavy atom. The lowest BCUT2D eigenvalue weighted by Gasteiger charge is -2.12. The summed E-state index contributed by atoms with van der Waals surface area (Å²) in [4.78, 5) is 0. The van der Waals surface area contributed by atoms with Gasteiger partial charge in [-0.15, -0.1) is 0 Å². The monoisotopic (exact) mass is 310 g/mol. The minimum atomic E-state index is 0.598. The average molecular weight is 312 g/mol. The lowest BCUT2D eigenvalue weighted by Crippen LogP contribution is -1.95. The van der Waals surface area contributed by atoms with E-state index < -0.39 is 0 Å². The van der Waals surface area contributed by atoms with Crippen LogP contribution in [0.2, 0.25) is 5.02 Å². The third-order valence-electron chi connectivity index (χ3n) is 2.38. The summed E-state index contributed by atoms with van der Waals surface area (Å²) in [6.07, 6.45) is 0. The first-order chi connectivity index (χ1) is 8.22. The van der Waals surface area contributed by atoms with E-state index in [1.165, 1.54) is 0 Å². The number of hydrogen-bond acceptors (Lipinski definition) is 1. The first-order valence-electron chi connectivity index (χ1n) is 5.39. The highest BCUT2D eigenvalue weighted by atomic mass is 79.9. The zero-order valence-corrected chi connectivity index (χ0v) is 11.8. The van der Waals surface area contributed by atoms with Gasteiger partial charge in [-0.3, -0.25) is 0 Å². The minimum Gasteiger partial charge on any atom is -0.492 e. The van der Waals surface area contributed by atoms with Crippen molar-refractivity contribution in [2.45, 2.75) is 6.92 Å². The maximum Gasteiger partial charge on any atom is 0.145 e. The molecule has 3 heteroatoms. The summed E-state index contributed by atoms with van der Waals surface area (Å²) >= 11 is 9.66. The lowest BCUT2D eigenvalue weighted by molar-refractivity contribution is 0.342. The van der Waals surface area contributed by atoms with Gasteiger partial charge in [0.2, 0.25) is 0 Å². The van der Waals surface area contributed by atoms with Gasteiger partial charge in [-0.1, -0.05) is 57.9 Å². The van der Waals surface area contributed by atoms with Crippen LogP contribution in [0.15, 0.2) is 46.9 Å². The second kappa shape index (κ2) is 5.56. The fourth-order valence-electron chi connectivity index (χ4n) is 1.68. The van der Waals surface area contributed by atoms with Crippen LogP contribution in [0, 0.1) is 0 Å². The molecule has 1 nitrogen and oxygen atoms in total. The summed E-state index contributed by atoms with van der Waals surface area (Å²) in [7, 11) is 0. The molecule has 0 radical (unpaired) electrons. The fraction of sp³-hybridized carbons (Fsp3) is 0.143. The smallest absolute Gasteiger partial charge is 0.145 e. The molecule has 0 bridgehead atoms. The van der Waals surface area contributed by atoms with Crippen molar-refractivity contribution in [3.05, 3.63) is 52.0 Å². The summed E-state index contributed by atoms with van der Waals surface area (Å²) in [5, 5.41) is 0.625. The topological polar surface area (TPSA) is 9.23 Å². The van der Waals surface area contributed by atoms with E-state index in [9.17, 15) is 0 Å². The van der Waals surface area contributed by atoms with Crippen molar-refractivity contribution in [3.63, 3.8) is 0 Å². The first-order valence-corrected chi connectivity index (χ1v) is 6.56. The van der Waals surface area contributed by atoms with Crippen molar-refractivity contribution in [1.29, 1.82) is 0 Å². The van der Waals surface area contributed by atoms with Gasteiger partial charge in [-0.2, -0.15) is 0 Å². The molecule has 0 heterocycles. The van der Waals surface area contributed by atoms with Gasteiger partial charge in [-0.05, 0) is 24.6 Å². The van der Waals surface area contributed by atoms with Crippen molar-refractivity contribution in [2.75, 3.05) is 6.61 Å². The number of rotatable bonds is 3. The molecule has 0 saturated carbocycles. The maximum atomic E-state index is 6.21. The Morgan fingerprint density at radius 1 is 1.18 bits per heavy atom. The van der Waals surface area contributed by atoms with Crippen molar-refractivity contribution >= 4 is 27.5 Å². The number of hydrogen-bond donors (Lipinski definition) is 0. The molecule has 0 N–H and O–H groups in total. The van der Waals surface area contributed by atoms with Crippen LogP contribution in [-0.2, 0) is 0 Å². The van der Waals surface area contributed by atoms with Crippen molar-refractivity contribution in [3.8, 4) is 16.9 Å². The van der Waals surface area contributed by atoms with E-state index in [0.717, 1.165) is 21.3 Å². The summed E-state index contributed by atoms with van der Waals surface area (Å²) in [5.74, 6) is 0.739. The Balaban J connectivity index is 2.59. The molecule has 0 aliphatic rings.